The third-order valence-electron chi connectivity index (χ3n) is 2.03. The lowest BCUT2D eigenvalue weighted by atomic mass is 10.2. The third kappa shape index (κ3) is 2.78. The summed E-state index contributed by atoms with van der Waals surface area (Å²) in [5.74, 6) is -0.958. The fourth-order valence-corrected chi connectivity index (χ4v) is 3.24. The minimum absolute atomic E-state index is 0.247. The molecule has 0 saturated heterocycles. The molecule has 0 aliphatic rings. The lowest BCUT2D eigenvalue weighted by Crippen LogP contribution is -1.99. The van der Waals surface area contributed by atoms with Gasteiger partial charge in [0.25, 0.3) is 0 Å². The van der Waals surface area contributed by atoms with Gasteiger partial charge in [0.15, 0.2) is 4.34 Å². The van der Waals surface area contributed by atoms with E-state index >= 15 is 0 Å². The summed E-state index contributed by atoms with van der Waals surface area (Å²) in [5, 5.41) is 11.0. The van der Waals surface area contributed by atoms with Gasteiger partial charge in [-0.25, -0.2) is 9.78 Å². The number of nitrogens with zero attached hydrogens (tertiary/aromatic N) is 1. The number of rotatable bonds is 3. The molecule has 0 unspecified atom stereocenters. The zero-order valence-electron chi connectivity index (χ0n) is 9.01. The molecule has 0 bridgehead atoms. The molecule has 0 aliphatic heterocycles. The van der Waals surface area contributed by atoms with Gasteiger partial charge in [0.1, 0.15) is 0 Å². The Morgan fingerprint density at radius 3 is 2.88 bits per heavy atom. The summed E-state index contributed by atoms with van der Waals surface area (Å²) in [6.07, 6.45) is 0. The summed E-state index contributed by atoms with van der Waals surface area (Å²) in [4.78, 5) is 16.0. The van der Waals surface area contributed by atoms with Crippen molar-refractivity contribution in [2.75, 3.05) is 5.73 Å². The van der Waals surface area contributed by atoms with E-state index in [4.69, 9.17) is 10.8 Å². The predicted molar refractivity (Wildman–Crippen MR) is 68.8 cm³/mol. The predicted octanol–water partition coefficient (Wildman–Crippen LogP) is 2.88. The first kappa shape index (κ1) is 11.9. The standard InChI is InChI=1S/C11H10N2O2S2/c1-6-5-16-11(13-6)17-9-4-7(12)2-3-8(9)10(14)15/h2-5H,12H2,1H3,(H,14,15). The topological polar surface area (TPSA) is 76.2 Å². The van der Waals surface area contributed by atoms with Crippen molar-refractivity contribution in [3.63, 3.8) is 0 Å². The molecule has 0 amide bonds. The molecule has 0 atom stereocenters. The Bertz CT molecular complexity index is 566. The van der Waals surface area contributed by atoms with Crippen LogP contribution in [0.1, 0.15) is 16.1 Å². The van der Waals surface area contributed by atoms with E-state index in [9.17, 15) is 4.79 Å². The van der Waals surface area contributed by atoms with Crippen LogP contribution in [0.4, 0.5) is 5.69 Å². The van der Waals surface area contributed by atoms with E-state index in [-0.39, 0.29) is 5.56 Å². The summed E-state index contributed by atoms with van der Waals surface area (Å²) in [7, 11) is 0. The van der Waals surface area contributed by atoms with Crippen molar-refractivity contribution in [2.24, 2.45) is 0 Å². The van der Waals surface area contributed by atoms with Gasteiger partial charge < -0.3 is 10.8 Å². The fraction of sp³-hybridized carbons (Fsp3) is 0.0909. The first-order valence-electron chi connectivity index (χ1n) is 4.79. The van der Waals surface area contributed by atoms with Gasteiger partial charge in [-0.15, -0.1) is 11.3 Å². The van der Waals surface area contributed by atoms with Gasteiger partial charge in [-0.05, 0) is 25.1 Å². The molecule has 88 valence electrons. The molecule has 0 aliphatic carbocycles. The zero-order valence-corrected chi connectivity index (χ0v) is 10.6. The van der Waals surface area contributed by atoms with E-state index < -0.39 is 5.97 Å². The number of nitrogen functional groups attached to an aromatic ring is 1. The lowest BCUT2D eigenvalue weighted by Gasteiger charge is -2.04. The number of thiazole rings is 1. The third-order valence-corrected chi connectivity index (χ3v) is 4.15. The molecule has 1 heterocycles. The number of nitrogens with two attached hydrogens (primary N) is 1. The van der Waals surface area contributed by atoms with Crippen molar-refractivity contribution in [3.8, 4) is 0 Å². The Balaban J connectivity index is 2.37. The Morgan fingerprint density at radius 1 is 1.53 bits per heavy atom. The zero-order chi connectivity index (χ0) is 12.4. The second-order valence-corrected chi connectivity index (χ2v) is 5.56. The monoisotopic (exact) mass is 266 g/mol. The number of anilines is 1. The van der Waals surface area contributed by atoms with Gasteiger partial charge in [-0.3, -0.25) is 0 Å². The lowest BCUT2D eigenvalue weighted by molar-refractivity contribution is 0.0693. The van der Waals surface area contributed by atoms with Crippen LogP contribution < -0.4 is 5.73 Å². The van der Waals surface area contributed by atoms with Crippen molar-refractivity contribution in [1.29, 1.82) is 0 Å². The molecule has 0 radical (unpaired) electrons. The maximum atomic E-state index is 11.1. The number of hydrogen-bond acceptors (Lipinski definition) is 5. The maximum absolute atomic E-state index is 11.1. The van der Waals surface area contributed by atoms with Crippen molar-refractivity contribution in [2.45, 2.75) is 16.2 Å². The van der Waals surface area contributed by atoms with Gasteiger partial charge in [-0.1, -0.05) is 11.8 Å². The molecule has 4 nitrogen and oxygen atoms in total. The van der Waals surface area contributed by atoms with E-state index in [2.05, 4.69) is 4.98 Å². The average Bonchev–Trinajstić information content (AvgIpc) is 2.63. The second-order valence-electron chi connectivity index (χ2n) is 3.42. The fourth-order valence-electron chi connectivity index (χ4n) is 1.27. The number of hydrogen-bond donors (Lipinski definition) is 2. The minimum Gasteiger partial charge on any atom is -0.478 e. The highest BCUT2D eigenvalue weighted by Crippen LogP contribution is 2.33. The van der Waals surface area contributed by atoms with Crippen LogP contribution in [-0.2, 0) is 0 Å². The van der Waals surface area contributed by atoms with Gasteiger partial charge in [0.05, 0.1) is 5.56 Å². The highest BCUT2D eigenvalue weighted by Gasteiger charge is 2.12. The van der Waals surface area contributed by atoms with Crippen molar-refractivity contribution < 1.29 is 9.90 Å². The van der Waals surface area contributed by atoms with Gasteiger partial charge in [0, 0.05) is 21.7 Å². The summed E-state index contributed by atoms with van der Waals surface area (Å²) in [6.45, 7) is 1.90. The molecule has 0 spiro atoms. The molecule has 2 rings (SSSR count). The summed E-state index contributed by atoms with van der Waals surface area (Å²) < 4.78 is 0.815. The first-order chi connectivity index (χ1) is 8.06. The number of benzene rings is 1. The number of aryl methyl sites for hydroxylation is 1. The Labute approximate surface area is 106 Å². The van der Waals surface area contributed by atoms with Crippen LogP contribution in [0.25, 0.3) is 0 Å². The average molecular weight is 266 g/mol. The molecular formula is C11H10N2O2S2. The molecule has 1 aromatic heterocycles. The highest BCUT2D eigenvalue weighted by molar-refractivity contribution is 8.01. The van der Waals surface area contributed by atoms with Crippen LogP contribution in [0.15, 0.2) is 32.8 Å². The van der Waals surface area contributed by atoms with Crippen LogP contribution in [0.5, 0.6) is 0 Å². The van der Waals surface area contributed by atoms with Crippen LogP contribution in [-0.4, -0.2) is 16.1 Å². The van der Waals surface area contributed by atoms with Crippen LogP contribution in [0.3, 0.4) is 0 Å². The molecule has 2 aromatic rings. The molecular weight excluding hydrogens is 256 g/mol. The van der Waals surface area contributed by atoms with E-state index in [0.717, 1.165) is 10.0 Å². The number of carbonyl (C=O) groups is 1. The molecule has 1 aromatic carbocycles. The van der Waals surface area contributed by atoms with Crippen molar-refractivity contribution >= 4 is 34.8 Å². The van der Waals surface area contributed by atoms with Crippen molar-refractivity contribution in [1.82, 2.24) is 4.98 Å². The SMILES string of the molecule is Cc1csc(Sc2cc(N)ccc2C(=O)O)n1. The van der Waals surface area contributed by atoms with E-state index in [1.807, 2.05) is 12.3 Å². The van der Waals surface area contributed by atoms with E-state index in [0.29, 0.717) is 10.6 Å². The molecule has 0 saturated carbocycles. The number of aromatic carboxylic acids is 1. The number of carboxylic acid groups (broad SMARTS) is 1. The number of aromatic nitrogens is 1. The molecule has 3 N–H and O–H groups in total. The van der Waals surface area contributed by atoms with Crippen LogP contribution >= 0.6 is 23.1 Å². The summed E-state index contributed by atoms with van der Waals surface area (Å²) in [6, 6.07) is 4.76. The summed E-state index contributed by atoms with van der Waals surface area (Å²) >= 11 is 2.81. The number of carboxylic acids is 1. The van der Waals surface area contributed by atoms with Gasteiger partial charge in [-0.2, -0.15) is 0 Å². The van der Waals surface area contributed by atoms with Gasteiger partial charge >= 0.3 is 5.97 Å². The van der Waals surface area contributed by atoms with Gasteiger partial charge in [0.2, 0.25) is 0 Å². The Hall–Kier alpha value is -1.53. The van der Waals surface area contributed by atoms with Crippen molar-refractivity contribution in [3.05, 3.63) is 34.8 Å². The second kappa shape index (κ2) is 4.77. The van der Waals surface area contributed by atoms with E-state index in [1.54, 1.807) is 12.1 Å². The Kier molecular flexibility index (Phi) is 3.35. The highest BCUT2D eigenvalue weighted by atomic mass is 32.2. The Morgan fingerprint density at radius 2 is 2.29 bits per heavy atom. The molecule has 17 heavy (non-hydrogen) atoms. The quantitative estimate of drug-likeness (QED) is 0.835. The van der Waals surface area contributed by atoms with Crippen LogP contribution in [0, 0.1) is 6.92 Å². The largest absolute Gasteiger partial charge is 0.478 e. The van der Waals surface area contributed by atoms with E-state index in [1.165, 1.54) is 29.2 Å². The smallest absolute Gasteiger partial charge is 0.336 e. The summed E-state index contributed by atoms with van der Waals surface area (Å²) in [5.41, 5.74) is 7.39. The minimum atomic E-state index is -0.958. The first-order valence-corrected chi connectivity index (χ1v) is 6.48. The van der Waals surface area contributed by atoms with Crippen LogP contribution in [0.2, 0.25) is 0 Å². The molecule has 0 fully saturated rings. The molecule has 6 heteroatoms. The maximum Gasteiger partial charge on any atom is 0.336 e. The normalized spacial score (nSPS) is 10.4.